The number of nitrogens with zero attached hydrogens (tertiary/aromatic N) is 1. The van der Waals surface area contributed by atoms with Crippen LogP contribution in [0.5, 0.6) is 11.5 Å². The molecule has 0 saturated carbocycles. The number of carbonyl (C=O) groups is 1. The second-order valence-corrected chi connectivity index (χ2v) is 8.08. The Hall–Kier alpha value is -3.02. The van der Waals surface area contributed by atoms with E-state index in [0.717, 1.165) is 42.4 Å². The van der Waals surface area contributed by atoms with E-state index in [4.69, 9.17) is 21.1 Å². The molecule has 1 aliphatic rings. The van der Waals surface area contributed by atoms with Crippen LogP contribution in [0.25, 0.3) is 0 Å². The van der Waals surface area contributed by atoms with E-state index in [9.17, 15) is 4.79 Å². The largest absolute Gasteiger partial charge is 0.465 e. The van der Waals surface area contributed by atoms with Gasteiger partial charge in [-0.3, -0.25) is 0 Å². The van der Waals surface area contributed by atoms with Crippen LogP contribution in [0, 0.1) is 5.92 Å². The monoisotopic (exact) mass is 436 g/mol. The van der Waals surface area contributed by atoms with Crippen LogP contribution in [-0.4, -0.2) is 32.7 Å². The van der Waals surface area contributed by atoms with Gasteiger partial charge in [0.1, 0.15) is 11.5 Å². The zero-order valence-electron chi connectivity index (χ0n) is 17.4. The molecule has 3 aromatic carbocycles. The summed E-state index contributed by atoms with van der Waals surface area (Å²) in [7, 11) is 1.40. The molecule has 160 valence electrons. The third-order valence-electron chi connectivity index (χ3n) is 5.32. The Labute approximate surface area is 187 Å². The first kappa shape index (κ1) is 21.2. The van der Waals surface area contributed by atoms with Gasteiger partial charge in [-0.15, -0.1) is 0 Å². The maximum Gasteiger partial charge on any atom is 0.337 e. The number of carbonyl (C=O) groups excluding carboxylic acids is 1. The van der Waals surface area contributed by atoms with Crippen molar-refractivity contribution in [2.45, 2.75) is 6.54 Å². The number of ether oxygens (including phenoxy) is 2. The number of esters is 1. The molecule has 1 saturated heterocycles. The molecule has 1 fully saturated rings. The number of anilines is 1. The summed E-state index contributed by atoms with van der Waals surface area (Å²) in [6.07, 6.45) is 0. The van der Waals surface area contributed by atoms with Gasteiger partial charge in [-0.2, -0.15) is 0 Å². The van der Waals surface area contributed by atoms with Crippen molar-refractivity contribution in [3.63, 3.8) is 0 Å². The number of hydrogen-bond donors (Lipinski definition) is 1. The quantitative estimate of drug-likeness (QED) is 0.495. The van der Waals surface area contributed by atoms with Gasteiger partial charge in [0.05, 0.1) is 12.7 Å². The molecule has 1 heterocycles. The van der Waals surface area contributed by atoms with Gasteiger partial charge in [-0.25, -0.2) is 4.79 Å². The van der Waals surface area contributed by atoms with Crippen LogP contribution < -0.4 is 15.0 Å². The molecule has 3 aromatic rings. The van der Waals surface area contributed by atoms with Crippen molar-refractivity contribution in [2.24, 2.45) is 5.92 Å². The molecule has 0 aliphatic carbocycles. The first-order valence-electron chi connectivity index (χ1n) is 10.3. The summed E-state index contributed by atoms with van der Waals surface area (Å²) in [5.74, 6) is 1.80. The summed E-state index contributed by atoms with van der Waals surface area (Å²) >= 11 is 5.94. The van der Waals surface area contributed by atoms with Gasteiger partial charge in [0, 0.05) is 42.8 Å². The molecule has 31 heavy (non-hydrogen) atoms. The fourth-order valence-electron chi connectivity index (χ4n) is 3.55. The molecule has 0 bridgehead atoms. The van der Waals surface area contributed by atoms with E-state index in [1.54, 1.807) is 6.07 Å². The van der Waals surface area contributed by atoms with Crippen molar-refractivity contribution in [1.29, 1.82) is 0 Å². The van der Waals surface area contributed by atoms with E-state index >= 15 is 0 Å². The third-order valence-corrected chi connectivity index (χ3v) is 5.57. The lowest BCUT2D eigenvalue weighted by atomic mass is 10.0. The first-order chi connectivity index (χ1) is 15.1. The maximum atomic E-state index is 11.9. The molecule has 0 atom stereocenters. The average molecular weight is 437 g/mol. The van der Waals surface area contributed by atoms with Gasteiger partial charge < -0.3 is 19.7 Å². The Bertz CT molecular complexity index is 1020. The minimum absolute atomic E-state index is 0.319. The lowest BCUT2D eigenvalue weighted by Crippen LogP contribution is -2.48. The molecule has 4 rings (SSSR count). The van der Waals surface area contributed by atoms with Crippen LogP contribution in [-0.2, 0) is 11.3 Å². The van der Waals surface area contributed by atoms with Crippen molar-refractivity contribution >= 4 is 23.3 Å². The topological polar surface area (TPSA) is 50.8 Å². The number of halogens is 1. The normalized spacial score (nSPS) is 13.4. The fraction of sp³-hybridized carbons (Fsp3) is 0.240. The number of methoxy groups -OCH3 is 1. The van der Waals surface area contributed by atoms with E-state index in [-0.39, 0.29) is 5.97 Å². The summed E-state index contributed by atoms with van der Waals surface area (Å²) in [5, 5.41) is 4.02. The Morgan fingerprint density at radius 2 is 1.71 bits per heavy atom. The van der Waals surface area contributed by atoms with Gasteiger partial charge in [0.25, 0.3) is 0 Å². The zero-order valence-corrected chi connectivity index (χ0v) is 18.1. The summed E-state index contributed by atoms with van der Waals surface area (Å²) in [6.45, 7) is 3.69. The molecule has 0 radical (unpaired) electrons. The maximum absolute atomic E-state index is 11.9. The van der Waals surface area contributed by atoms with Crippen molar-refractivity contribution in [3.8, 4) is 11.5 Å². The van der Waals surface area contributed by atoms with E-state index in [1.807, 2.05) is 54.6 Å². The Balaban J connectivity index is 1.50. The van der Waals surface area contributed by atoms with Crippen LogP contribution in [0.15, 0.2) is 72.8 Å². The van der Waals surface area contributed by atoms with Crippen LogP contribution in [0.4, 0.5) is 5.69 Å². The van der Waals surface area contributed by atoms with Crippen molar-refractivity contribution in [1.82, 2.24) is 5.32 Å². The fourth-order valence-corrected chi connectivity index (χ4v) is 3.68. The van der Waals surface area contributed by atoms with Gasteiger partial charge in [-0.1, -0.05) is 23.7 Å². The molecular weight excluding hydrogens is 412 g/mol. The van der Waals surface area contributed by atoms with Gasteiger partial charge in [-0.05, 0) is 66.2 Å². The van der Waals surface area contributed by atoms with Crippen molar-refractivity contribution in [3.05, 3.63) is 88.9 Å². The van der Waals surface area contributed by atoms with E-state index in [1.165, 1.54) is 7.11 Å². The molecule has 0 unspecified atom stereocenters. The van der Waals surface area contributed by atoms with E-state index in [2.05, 4.69) is 22.3 Å². The molecular formula is C25H25ClN2O3. The van der Waals surface area contributed by atoms with Crippen LogP contribution in [0.2, 0.25) is 5.02 Å². The second kappa shape index (κ2) is 9.86. The highest BCUT2D eigenvalue weighted by molar-refractivity contribution is 6.30. The molecule has 0 amide bonds. The number of nitrogens with one attached hydrogen (secondary N) is 1. The predicted molar refractivity (Wildman–Crippen MR) is 123 cm³/mol. The lowest BCUT2D eigenvalue weighted by molar-refractivity contribution is 0.0600. The first-order valence-corrected chi connectivity index (χ1v) is 10.6. The Morgan fingerprint density at radius 1 is 1.03 bits per heavy atom. The van der Waals surface area contributed by atoms with Gasteiger partial charge in [0.15, 0.2) is 0 Å². The minimum Gasteiger partial charge on any atom is -0.465 e. The highest BCUT2D eigenvalue weighted by Gasteiger charge is 2.21. The molecule has 1 N–H and O–H groups in total. The second-order valence-electron chi connectivity index (χ2n) is 7.65. The molecule has 0 spiro atoms. The minimum atomic E-state index is -0.319. The summed E-state index contributed by atoms with van der Waals surface area (Å²) in [6, 6.07) is 23.0. The molecule has 1 aliphatic heterocycles. The number of hydrogen-bond acceptors (Lipinski definition) is 5. The molecule has 6 heteroatoms. The highest BCUT2D eigenvalue weighted by atomic mass is 35.5. The Morgan fingerprint density at radius 3 is 2.32 bits per heavy atom. The molecule has 5 nitrogen and oxygen atoms in total. The predicted octanol–water partition coefficient (Wildman–Crippen LogP) is 5.14. The highest BCUT2D eigenvalue weighted by Crippen LogP contribution is 2.27. The number of rotatable bonds is 8. The summed E-state index contributed by atoms with van der Waals surface area (Å²) in [4.78, 5) is 14.2. The Kier molecular flexibility index (Phi) is 6.75. The van der Waals surface area contributed by atoms with E-state index in [0.29, 0.717) is 23.0 Å². The van der Waals surface area contributed by atoms with Crippen molar-refractivity contribution < 1.29 is 14.3 Å². The van der Waals surface area contributed by atoms with Crippen LogP contribution >= 0.6 is 11.6 Å². The molecule has 0 aromatic heterocycles. The van der Waals surface area contributed by atoms with E-state index < -0.39 is 0 Å². The lowest BCUT2D eigenvalue weighted by Gasteiger charge is -2.34. The van der Waals surface area contributed by atoms with Gasteiger partial charge in [0.2, 0.25) is 0 Å². The smallest absolute Gasteiger partial charge is 0.337 e. The van der Waals surface area contributed by atoms with Gasteiger partial charge >= 0.3 is 5.97 Å². The SMILES string of the molecule is COC(=O)c1cccc(CN(CC2CNC2)c2ccc(Oc3ccc(Cl)cc3)cc2)c1. The van der Waals surface area contributed by atoms with Crippen LogP contribution in [0.1, 0.15) is 15.9 Å². The number of benzene rings is 3. The van der Waals surface area contributed by atoms with Crippen molar-refractivity contribution in [2.75, 3.05) is 31.6 Å². The summed E-state index contributed by atoms with van der Waals surface area (Å²) in [5.41, 5.74) is 2.74. The standard InChI is InChI=1S/C25H25ClN2O3/c1-30-25(29)20-4-2-3-18(13-20)16-28(17-19-14-27-15-19)22-7-11-24(12-8-22)31-23-9-5-21(26)6-10-23/h2-13,19,27H,14-17H2,1H3. The average Bonchev–Trinajstić information content (AvgIpc) is 2.77. The third kappa shape index (κ3) is 5.57. The van der Waals surface area contributed by atoms with Crippen LogP contribution in [0.3, 0.4) is 0 Å². The zero-order chi connectivity index (χ0) is 21.6. The summed E-state index contributed by atoms with van der Waals surface area (Å²) < 4.78 is 10.8.